The molecule has 1 aromatic carbocycles. The van der Waals surface area contributed by atoms with Gasteiger partial charge in [0, 0.05) is 17.8 Å². The van der Waals surface area contributed by atoms with Crippen molar-refractivity contribution in [3.63, 3.8) is 0 Å². The Morgan fingerprint density at radius 1 is 1.29 bits per heavy atom. The van der Waals surface area contributed by atoms with E-state index < -0.39 is 10.3 Å². The van der Waals surface area contributed by atoms with E-state index in [1.165, 1.54) is 23.9 Å². The average molecular weight is 567 g/mol. The van der Waals surface area contributed by atoms with Gasteiger partial charge in [-0.25, -0.2) is 15.1 Å². The predicted molar refractivity (Wildman–Crippen MR) is 132 cm³/mol. The largest absolute Gasteiger partial charge is 0.488 e. The van der Waals surface area contributed by atoms with Crippen molar-refractivity contribution in [3.8, 4) is 5.75 Å². The van der Waals surface area contributed by atoms with Crippen LogP contribution in [-0.2, 0) is 21.1 Å². The number of hydrogen-bond donors (Lipinski definition) is 2. The second-order valence-corrected chi connectivity index (χ2v) is 10.9. The monoisotopic (exact) mass is 566 g/mol. The number of carbonyl (C=O) groups excluding carboxylic acids is 1. The maximum Gasteiger partial charge on any atom is 0.333 e. The number of ketones is 1. The second-order valence-electron chi connectivity index (χ2n) is 7.95. The number of carbonyl (C=O) groups is 1. The first kappa shape index (κ1) is 24.7. The smallest absolute Gasteiger partial charge is 0.333 e. The van der Waals surface area contributed by atoms with Crippen molar-refractivity contribution in [1.82, 2.24) is 9.97 Å². The molecule has 1 aliphatic carbocycles. The number of para-hydroxylation sites is 1. The van der Waals surface area contributed by atoms with Crippen LogP contribution in [0.2, 0.25) is 0 Å². The van der Waals surface area contributed by atoms with Gasteiger partial charge in [-0.2, -0.15) is 8.42 Å². The maximum absolute atomic E-state index is 13.2. The molecule has 3 aromatic rings. The molecule has 2 atom stereocenters. The van der Waals surface area contributed by atoms with E-state index in [0.717, 1.165) is 28.6 Å². The number of hydrogen-bond acceptors (Lipinski definition) is 9. The third-order valence-electron chi connectivity index (χ3n) is 5.42. The Morgan fingerprint density at radius 2 is 2.12 bits per heavy atom. The van der Waals surface area contributed by atoms with Crippen LogP contribution in [0.3, 0.4) is 0 Å². The zero-order valence-electron chi connectivity index (χ0n) is 18.0. The Balaban J connectivity index is 1.39. The number of anilines is 1. The van der Waals surface area contributed by atoms with E-state index in [1.54, 1.807) is 0 Å². The summed E-state index contributed by atoms with van der Waals surface area (Å²) in [6.45, 7) is 0.388. The van der Waals surface area contributed by atoms with E-state index >= 15 is 0 Å². The van der Waals surface area contributed by atoms with Crippen molar-refractivity contribution in [2.75, 3.05) is 11.9 Å². The van der Waals surface area contributed by atoms with Crippen LogP contribution in [0, 0.1) is 5.92 Å². The molecular formula is C22H23BrN4O5S2. The van der Waals surface area contributed by atoms with Crippen LogP contribution >= 0.6 is 27.3 Å². The van der Waals surface area contributed by atoms with Crippen LogP contribution < -0.4 is 15.2 Å². The third-order valence-corrected chi connectivity index (χ3v) is 7.51. The summed E-state index contributed by atoms with van der Waals surface area (Å²) in [5.74, 6) is 1.07. The molecule has 0 amide bonds. The first-order valence-corrected chi connectivity index (χ1v) is 13.7. The lowest BCUT2D eigenvalue weighted by Gasteiger charge is -2.15. The molecule has 2 aromatic heterocycles. The highest BCUT2D eigenvalue weighted by atomic mass is 79.9. The second kappa shape index (κ2) is 10.9. The van der Waals surface area contributed by atoms with E-state index in [-0.39, 0.29) is 24.3 Å². The normalized spacial score (nSPS) is 18.1. The fourth-order valence-electron chi connectivity index (χ4n) is 3.78. The van der Waals surface area contributed by atoms with E-state index in [4.69, 9.17) is 14.1 Å². The SMILES string of the molecule is NS(=O)(=O)OC[C@@H]1CC[C@H](Nc2ncncc2C(=O)c2cc(COc3ccccc3Br)cs2)C1. The average Bonchev–Trinajstić information content (AvgIpc) is 3.46. The Kier molecular flexibility index (Phi) is 7.94. The number of nitrogens with two attached hydrogens (primary N) is 1. The van der Waals surface area contributed by atoms with Gasteiger partial charge in [0.1, 0.15) is 24.5 Å². The highest BCUT2D eigenvalue weighted by Gasteiger charge is 2.28. The molecule has 1 saturated carbocycles. The van der Waals surface area contributed by atoms with Gasteiger partial charge in [0.2, 0.25) is 5.78 Å². The lowest BCUT2D eigenvalue weighted by Crippen LogP contribution is -2.22. The molecule has 0 unspecified atom stereocenters. The molecule has 1 aliphatic rings. The van der Waals surface area contributed by atoms with Crippen molar-refractivity contribution < 1.29 is 22.1 Å². The number of benzene rings is 1. The highest BCUT2D eigenvalue weighted by Crippen LogP contribution is 2.30. The molecule has 0 aliphatic heterocycles. The van der Waals surface area contributed by atoms with E-state index in [2.05, 4.69) is 31.2 Å². The molecule has 12 heteroatoms. The zero-order chi connectivity index (χ0) is 24.1. The standard InChI is InChI=1S/C22H23BrN4O5S2/c23-18-3-1-2-4-19(18)31-10-15-8-20(33-12-15)21(28)17-9-25-13-26-22(17)27-16-6-5-14(7-16)11-32-34(24,29)30/h1-4,8-9,12-14,16H,5-7,10-11H2,(H2,24,29,30)(H,25,26,27)/t14-,16+/m1/s1. The first-order chi connectivity index (χ1) is 16.3. The summed E-state index contributed by atoms with van der Waals surface area (Å²) in [5, 5.41) is 10.1. The number of nitrogens with one attached hydrogen (secondary N) is 1. The minimum Gasteiger partial charge on any atom is -0.488 e. The fraction of sp³-hybridized carbons (Fsp3) is 0.318. The predicted octanol–water partition coefficient (Wildman–Crippen LogP) is 3.91. The molecule has 0 saturated heterocycles. The molecule has 3 N–H and O–H groups in total. The molecule has 34 heavy (non-hydrogen) atoms. The summed E-state index contributed by atoms with van der Waals surface area (Å²) >= 11 is 4.80. The zero-order valence-corrected chi connectivity index (χ0v) is 21.2. The van der Waals surface area contributed by atoms with Crippen molar-refractivity contribution in [2.24, 2.45) is 11.1 Å². The number of halogens is 1. The van der Waals surface area contributed by atoms with Gasteiger partial charge in [-0.05, 0) is 64.7 Å². The summed E-state index contributed by atoms with van der Waals surface area (Å²) in [7, 11) is -3.95. The molecule has 0 spiro atoms. The van der Waals surface area contributed by atoms with Gasteiger partial charge in [0.05, 0.1) is 21.5 Å². The van der Waals surface area contributed by atoms with Gasteiger partial charge in [0.15, 0.2) is 0 Å². The summed E-state index contributed by atoms with van der Waals surface area (Å²) in [6, 6.07) is 9.43. The number of thiophene rings is 1. The van der Waals surface area contributed by atoms with Crippen molar-refractivity contribution >= 4 is 49.2 Å². The number of aromatic nitrogens is 2. The van der Waals surface area contributed by atoms with E-state index in [9.17, 15) is 13.2 Å². The van der Waals surface area contributed by atoms with Gasteiger partial charge >= 0.3 is 10.3 Å². The van der Waals surface area contributed by atoms with Crippen LogP contribution in [0.5, 0.6) is 5.75 Å². The fourth-order valence-corrected chi connectivity index (χ4v) is 5.41. The lowest BCUT2D eigenvalue weighted by atomic mass is 10.1. The maximum atomic E-state index is 13.2. The molecule has 2 heterocycles. The van der Waals surface area contributed by atoms with Gasteiger partial charge in [-0.3, -0.25) is 8.98 Å². The van der Waals surface area contributed by atoms with Gasteiger partial charge < -0.3 is 10.1 Å². The summed E-state index contributed by atoms with van der Waals surface area (Å²) in [4.78, 5) is 22.1. The molecule has 0 bridgehead atoms. The summed E-state index contributed by atoms with van der Waals surface area (Å²) in [6.07, 6.45) is 5.16. The van der Waals surface area contributed by atoms with Crippen molar-refractivity contribution in [3.05, 3.63) is 68.7 Å². The third kappa shape index (κ3) is 6.60. The number of rotatable bonds is 10. The topological polar surface area (TPSA) is 134 Å². The molecule has 9 nitrogen and oxygen atoms in total. The van der Waals surface area contributed by atoms with Crippen LogP contribution in [0.25, 0.3) is 0 Å². The van der Waals surface area contributed by atoms with Crippen LogP contribution in [-0.4, -0.2) is 36.8 Å². The molecule has 180 valence electrons. The van der Waals surface area contributed by atoms with Crippen LogP contribution in [0.15, 0.2) is 52.7 Å². The number of ether oxygens (including phenoxy) is 1. The Hall–Kier alpha value is -2.38. The lowest BCUT2D eigenvalue weighted by molar-refractivity contribution is 0.104. The van der Waals surface area contributed by atoms with Gasteiger partial charge in [-0.1, -0.05) is 12.1 Å². The van der Waals surface area contributed by atoms with Gasteiger partial charge in [-0.15, -0.1) is 11.3 Å². The van der Waals surface area contributed by atoms with Crippen molar-refractivity contribution in [2.45, 2.75) is 31.9 Å². The van der Waals surface area contributed by atoms with Gasteiger partial charge in [0.25, 0.3) is 0 Å². The Bertz CT molecular complexity index is 1270. The minimum atomic E-state index is -3.95. The van der Waals surface area contributed by atoms with E-state index in [0.29, 0.717) is 29.3 Å². The number of nitrogens with zero attached hydrogens (tertiary/aromatic N) is 2. The van der Waals surface area contributed by atoms with Crippen molar-refractivity contribution in [1.29, 1.82) is 0 Å². The molecular weight excluding hydrogens is 544 g/mol. The molecule has 1 fully saturated rings. The Morgan fingerprint density at radius 3 is 2.91 bits per heavy atom. The minimum absolute atomic E-state index is 0.0344. The summed E-state index contributed by atoms with van der Waals surface area (Å²) in [5.41, 5.74) is 1.27. The Labute approximate surface area is 210 Å². The van der Waals surface area contributed by atoms with Crippen LogP contribution in [0.4, 0.5) is 5.82 Å². The van der Waals surface area contributed by atoms with E-state index in [1.807, 2.05) is 35.7 Å². The molecule has 0 radical (unpaired) electrons. The summed E-state index contributed by atoms with van der Waals surface area (Å²) < 4.78 is 33.5. The molecule has 4 rings (SSSR count). The van der Waals surface area contributed by atoms with Crippen LogP contribution in [0.1, 0.15) is 40.1 Å². The first-order valence-electron chi connectivity index (χ1n) is 10.5. The highest BCUT2D eigenvalue weighted by molar-refractivity contribution is 9.10. The quantitative estimate of drug-likeness (QED) is 0.353.